The monoisotopic (exact) mass is 260 g/mol. The second kappa shape index (κ2) is 5.13. The van der Waals surface area contributed by atoms with Gasteiger partial charge in [0, 0.05) is 13.6 Å². The summed E-state index contributed by atoms with van der Waals surface area (Å²) in [5.41, 5.74) is 0.876. The second-order valence-electron chi connectivity index (χ2n) is 5.36. The van der Waals surface area contributed by atoms with Gasteiger partial charge >= 0.3 is 0 Å². The third-order valence-corrected chi connectivity index (χ3v) is 3.93. The standard InChI is InChI=1S/C13H20N6/c1-18-5-3-10(4-6-18)7-14-12-11-8-17-19(2)13(11)16-9-15-12/h8-10H,3-7H2,1-2H3,(H,14,15,16). The van der Waals surface area contributed by atoms with E-state index in [9.17, 15) is 0 Å². The molecule has 0 unspecified atom stereocenters. The van der Waals surface area contributed by atoms with Crippen LogP contribution < -0.4 is 5.32 Å². The van der Waals surface area contributed by atoms with Crippen LogP contribution in [0, 0.1) is 5.92 Å². The quantitative estimate of drug-likeness (QED) is 0.896. The van der Waals surface area contributed by atoms with Gasteiger partial charge in [-0.1, -0.05) is 0 Å². The lowest BCUT2D eigenvalue weighted by Crippen LogP contribution is -2.33. The number of rotatable bonds is 3. The maximum Gasteiger partial charge on any atom is 0.163 e. The highest BCUT2D eigenvalue weighted by molar-refractivity contribution is 5.85. The van der Waals surface area contributed by atoms with Crippen molar-refractivity contribution in [2.45, 2.75) is 12.8 Å². The predicted molar refractivity (Wildman–Crippen MR) is 75.0 cm³/mol. The summed E-state index contributed by atoms with van der Waals surface area (Å²) in [5, 5.41) is 8.69. The zero-order valence-corrected chi connectivity index (χ0v) is 11.5. The lowest BCUT2D eigenvalue weighted by Gasteiger charge is -2.29. The SMILES string of the molecule is CN1CCC(CNc2ncnc3c2cnn3C)CC1. The highest BCUT2D eigenvalue weighted by atomic mass is 15.3. The molecule has 6 heteroatoms. The molecule has 0 aromatic carbocycles. The second-order valence-corrected chi connectivity index (χ2v) is 5.36. The number of anilines is 1. The molecular formula is C13H20N6. The van der Waals surface area contributed by atoms with Crippen LogP contribution in [0.4, 0.5) is 5.82 Å². The van der Waals surface area contributed by atoms with Crippen LogP contribution in [0.25, 0.3) is 11.0 Å². The number of nitrogens with zero attached hydrogens (tertiary/aromatic N) is 5. The van der Waals surface area contributed by atoms with Crippen LogP contribution in [0.1, 0.15) is 12.8 Å². The number of aryl methyl sites for hydroxylation is 1. The Balaban J connectivity index is 1.68. The molecule has 0 saturated carbocycles. The van der Waals surface area contributed by atoms with E-state index in [1.807, 2.05) is 13.2 Å². The molecule has 1 N–H and O–H groups in total. The first-order valence-electron chi connectivity index (χ1n) is 6.79. The Kier molecular flexibility index (Phi) is 3.33. The molecule has 2 aromatic rings. The fourth-order valence-corrected chi connectivity index (χ4v) is 2.61. The molecule has 0 spiro atoms. The van der Waals surface area contributed by atoms with Gasteiger partial charge in [-0.2, -0.15) is 5.10 Å². The molecule has 6 nitrogen and oxygen atoms in total. The van der Waals surface area contributed by atoms with E-state index in [1.54, 1.807) is 11.0 Å². The molecule has 0 aliphatic carbocycles. The number of piperidine rings is 1. The smallest absolute Gasteiger partial charge is 0.163 e. The Morgan fingerprint density at radius 3 is 2.84 bits per heavy atom. The van der Waals surface area contributed by atoms with Crippen molar-refractivity contribution in [3.05, 3.63) is 12.5 Å². The van der Waals surface area contributed by atoms with E-state index >= 15 is 0 Å². The highest BCUT2D eigenvalue weighted by Gasteiger charge is 2.17. The summed E-state index contributed by atoms with van der Waals surface area (Å²) in [5.74, 6) is 1.63. The van der Waals surface area contributed by atoms with Crippen molar-refractivity contribution in [1.29, 1.82) is 0 Å². The lowest BCUT2D eigenvalue weighted by molar-refractivity contribution is 0.226. The van der Waals surface area contributed by atoms with Crippen LogP contribution in [0.2, 0.25) is 0 Å². The Labute approximate surface area is 112 Å². The van der Waals surface area contributed by atoms with Gasteiger partial charge in [-0.15, -0.1) is 0 Å². The Bertz CT molecular complexity index is 555. The molecule has 1 fully saturated rings. The molecule has 1 saturated heterocycles. The van der Waals surface area contributed by atoms with Crippen molar-refractivity contribution in [1.82, 2.24) is 24.6 Å². The van der Waals surface area contributed by atoms with E-state index < -0.39 is 0 Å². The molecule has 3 heterocycles. The minimum absolute atomic E-state index is 0.734. The van der Waals surface area contributed by atoms with Gasteiger partial charge in [0.15, 0.2) is 5.65 Å². The third kappa shape index (κ3) is 2.53. The number of nitrogens with one attached hydrogen (secondary N) is 1. The normalized spacial score (nSPS) is 18.0. The van der Waals surface area contributed by atoms with Crippen molar-refractivity contribution in [3.8, 4) is 0 Å². The van der Waals surface area contributed by atoms with Crippen molar-refractivity contribution >= 4 is 16.9 Å². The van der Waals surface area contributed by atoms with E-state index in [0.717, 1.165) is 29.3 Å². The molecule has 1 aliphatic rings. The summed E-state index contributed by atoms with van der Waals surface area (Å²) in [6.07, 6.45) is 5.93. The van der Waals surface area contributed by atoms with Crippen molar-refractivity contribution in [3.63, 3.8) is 0 Å². The van der Waals surface area contributed by atoms with Crippen molar-refractivity contribution in [2.75, 3.05) is 32.0 Å². The highest BCUT2D eigenvalue weighted by Crippen LogP contribution is 2.20. The zero-order chi connectivity index (χ0) is 13.2. The maximum atomic E-state index is 4.33. The van der Waals surface area contributed by atoms with Crippen molar-refractivity contribution in [2.24, 2.45) is 13.0 Å². The molecule has 1 aliphatic heterocycles. The first kappa shape index (κ1) is 12.3. The number of hydrogen-bond acceptors (Lipinski definition) is 5. The van der Waals surface area contributed by atoms with Gasteiger partial charge in [0.2, 0.25) is 0 Å². The number of likely N-dealkylation sites (tertiary alicyclic amines) is 1. The van der Waals surface area contributed by atoms with E-state index in [4.69, 9.17) is 0 Å². The first-order valence-corrected chi connectivity index (χ1v) is 6.79. The Hall–Kier alpha value is -1.69. The average molecular weight is 260 g/mol. The molecule has 0 atom stereocenters. The first-order chi connectivity index (χ1) is 9.24. The Morgan fingerprint density at radius 2 is 2.05 bits per heavy atom. The summed E-state index contributed by atoms with van der Waals surface area (Å²) in [6.45, 7) is 3.37. The summed E-state index contributed by atoms with van der Waals surface area (Å²) in [7, 11) is 4.09. The topological polar surface area (TPSA) is 58.9 Å². The van der Waals surface area contributed by atoms with Gasteiger partial charge in [0.05, 0.1) is 11.6 Å². The molecule has 19 heavy (non-hydrogen) atoms. The minimum atomic E-state index is 0.734. The maximum absolute atomic E-state index is 4.33. The van der Waals surface area contributed by atoms with Gasteiger partial charge in [-0.3, -0.25) is 4.68 Å². The van der Waals surface area contributed by atoms with Crippen LogP contribution in [0.3, 0.4) is 0 Å². The number of hydrogen-bond donors (Lipinski definition) is 1. The van der Waals surface area contributed by atoms with Gasteiger partial charge in [-0.25, -0.2) is 9.97 Å². The minimum Gasteiger partial charge on any atom is -0.369 e. The average Bonchev–Trinajstić information content (AvgIpc) is 2.81. The van der Waals surface area contributed by atoms with E-state index in [0.29, 0.717) is 0 Å². The number of fused-ring (bicyclic) bond motifs is 1. The Morgan fingerprint density at radius 1 is 1.26 bits per heavy atom. The van der Waals surface area contributed by atoms with Gasteiger partial charge < -0.3 is 10.2 Å². The molecule has 102 valence electrons. The van der Waals surface area contributed by atoms with Gasteiger partial charge in [-0.05, 0) is 38.9 Å². The van der Waals surface area contributed by atoms with Crippen LogP contribution in [0.15, 0.2) is 12.5 Å². The molecule has 0 amide bonds. The summed E-state index contributed by atoms with van der Waals surface area (Å²) >= 11 is 0. The largest absolute Gasteiger partial charge is 0.369 e. The number of aromatic nitrogens is 4. The van der Waals surface area contributed by atoms with E-state index in [2.05, 4.69) is 32.3 Å². The van der Waals surface area contributed by atoms with Crippen LogP contribution in [-0.2, 0) is 7.05 Å². The fourth-order valence-electron chi connectivity index (χ4n) is 2.61. The fraction of sp³-hybridized carbons (Fsp3) is 0.615. The summed E-state index contributed by atoms with van der Waals surface area (Å²) < 4.78 is 1.78. The summed E-state index contributed by atoms with van der Waals surface area (Å²) in [6, 6.07) is 0. The third-order valence-electron chi connectivity index (χ3n) is 3.93. The van der Waals surface area contributed by atoms with Crippen LogP contribution in [0.5, 0.6) is 0 Å². The molecular weight excluding hydrogens is 240 g/mol. The lowest BCUT2D eigenvalue weighted by atomic mass is 9.97. The van der Waals surface area contributed by atoms with Gasteiger partial charge in [0.1, 0.15) is 12.1 Å². The predicted octanol–water partition coefficient (Wildman–Crippen LogP) is 1.12. The van der Waals surface area contributed by atoms with E-state index in [-0.39, 0.29) is 0 Å². The van der Waals surface area contributed by atoms with Crippen LogP contribution in [-0.4, -0.2) is 51.3 Å². The van der Waals surface area contributed by atoms with Crippen molar-refractivity contribution < 1.29 is 0 Å². The zero-order valence-electron chi connectivity index (χ0n) is 11.5. The van der Waals surface area contributed by atoms with Crippen LogP contribution >= 0.6 is 0 Å². The molecule has 2 aromatic heterocycles. The molecule has 3 rings (SSSR count). The molecule has 0 bridgehead atoms. The van der Waals surface area contributed by atoms with E-state index in [1.165, 1.54) is 25.9 Å². The molecule has 0 radical (unpaired) electrons. The summed E-state index contributed by atoms with van der Waals surface area (Å²) in [4.78, 5) is 11.0. The van der Waals surface area contributed by atoms with Gasteiger partial charge in [0.25, 0.3) is 0 Å².